The number of aliphatic hydroxyl groups excluding tert-OH is 5. The average molecular weight is 927 g/mol. The monoisotopic (exact) mass is 927 g/mol. The molecule has 13 heteroatoms. The predicted molar refractivity (Wildman–Crippen MR) is 258 cm³/mol. The van der Waals surface area contributed by atoms with Crippen LogP contribution < -0.4 is 0 Å². The third kappa shape index (κ3) is 32.7. The first-order valence-electron chi connectivity index (χ1n) is 25.1. The molecule has 1 rings (SSSR count). The van der Waals surface area contributed by atoms with Gasteiger partial charge in [-0.1, -0.05) is 171 Å². The molecule has 0 heterocycles. The fourth-order valence-electron chi connectivity index (χ4n) is 7.40. The molecule has 1 aliphatic rings. The van der Waals surface area contributed by atoms with Crippen LogP contribution in [0.25, 0.3) is 0 Å². The van der Waals surface area contributed by atoms with E-state index in [4.69, 9.17) is 18.5 Å². The van der Waals surface area contributed by atoms with Gasteiger partial charge in [-0.2, -0.15) is 0 Å². The van der Waals surface area contributed by atoms with Crippen molar-refractivity contribution in [1.82, 2.24) is 0 Å². The Balaban J connectivity index is 2.31. The van der Waals surface area contributed by atoms with Crippen molar-refractivity contribution in [1.29, 1.82) is 0 Å². The molecule has 1 aliphatic carbocycles. The predicted octanol–water partition coefficient (Wildman–Crippen LogP) is 11.0. The highest BCUT2D eigenvalue weighted by Gasteiger charge is 2.51. The Morgan fingerprint density at radius 1 is 0.516 bits per heavy atom. The number of phosphoric acid groups is 1. The SMILES string of the molecule is CC/C=C\C/C=C\C/C=C\C/C=C\CCCCCCCCCCCCCOCC(COP(=O)(O)OC1C(O)C(O)C(O)C(O)C1O)OC(=O)CCCCCCC/C=C\CCCCCC. The quantitative estimate of drug-likeness (QED) is 0.0147. The van der Waals surface area contributed by atoms with Gasteiger partial charge in [-0.05, 0) is 77.0 Å². The normalized spacial score (nSPS) is 22.2. The molecule has 0 bridgehead atoms. The number of unbranched alkanes of at least 4 members (excludes halogenated alkanes) is 20. The second kappa shape index (κ2) is 41.2. The van der Waals surface area contributed by atoms with Gasteiger partial charge in [0.05, 0.1) is 13.2 Å². The zero-order valence-electron chi connectivity index (χ0n) is 39.8. The molecule has 0 amide bonds. The van der Waals surface area contributed by atoms with Gasteiger partial charge in [-0.3, -0.25) is 13.8 Å². The molecular weight excluding hydrogens is 836 g/mol. The van der Waals surface area contributed by atoms with Crippen LogP contribution in [0.1, 0.15) is 194 Å². The summed E-state index contributed by atoms with van der Waals surface area (Å²) < 4.78 is 34.2. The number of esters is 1. The van der Waals surface area contributed by atoms with Gasteiger partial charge >= 0.3 is 13.8 Å². The summed E-state index contributed by atoms with van der Waals surface area (Å²) in [4.78, 5) is 23.2. The van der Waals surface area contributed by atoms with Crippen LogP contribution in [0.2, 0.25) is 0 Å². The minimum absolute atomic E-state index is 0.0837. The maximum atomic E-state index is 12.8. The summed E-state index contributed by atoms with van der Waals surface area (Å²) >= 11 is 0. The second-order valence-corrected chi connectivity index (χ2v) is 18.7. The third-order valence-electron chi connectivity index (χ3n) is 11.4. The van der Waals surface area contributed by atoms with Crippen molar-refractivity contribution >= 4 is 13.8 Å². The van der Waals surface area contributed by atoms with Crippen molar-refractivity contribution in [3.63, 3.8) is 0 Å². The first-order chi connectivity index (χ1) is 31.0. The molecule has 12 nitrogen and oxygen atoms in total. The first kappa shape index (κ1) is 60.1. The molecule has 0 aromatic rings. The number of ether oxygens (including phenoxy) is 2. The number of carbonyl (C=O) groups excluding carboxylic acids is 1. The fourth-order valence-corrected chi connectivity index (χ4v) is 8.37. The van der Waals surface area contributed by atoms with Crippen molar-refractivity contribution < 1.29 is 58.3 Å². The van der Waals surface area contributed by atoms with E-state index >= 15 is 0 Å². The van der Waals surface area contributed by atoms with Crippen LogP contribution >= 0.6 is 7.82 Å². The maximum Gasteiger partial charge on any atom is 0.472 e. The molecule has 0 aromatic carbocycles. The highest BCUT2D eigenvalue weighted by molar-refractivity contribution is 7.47. The maximum absolute atomic E-state index is 12.8. The second-order valence-electron chi connectivity index (χ2n) is 17.3. The van der Waals surface area contributed by atoms with Gasteiger partial charge in [0.2, 0.25) is 0 Å². The molecule has 372 valence electrons. The third-order valence-corrected chi connectivity index (χ3v) is 12.4. The van der Waals surface area contributed by atoms with E-state index in [0.29, 0.717) is 13.0 Å². The topological polar surface area (TPSA) is 192 Å². The molecule has 6 N–H and O–H groups in total. The van der Waals surface area contributed by atoms with E-state index in [0.717, 1.165) is 89.9 Å². The van der Waals surface area contributed by atoms with Gasteiger partial charge in [-0.25, -0.2) is 4.57 Å². The summed E-state index contributed by atoms with van der Waals surface area (Å²) in [6, 6.07) is 0. The Morgan fingerprint density at radius 3 is 1.42 bits per heavy atom. The lowest BCUT2D eigenvalue weighted by Crippen LogP contribution is -2.64. The number of carbonyl (C=O) groups is 1. The van der Waals surface area contributed by atoms with Gasteiger partial charge in [0.25, 0.3) is 0 Å². The number of allylic oxidation sites excluding steroid dienone is 10. The number of hydrogen-bond acceptors (Lipinski definition) is 11. The molecule has 64 heavy (non-hydrogen) atoms. The average Bonchev–Trinajstić information content (AvgIpc) is 3.28. The lowest BCUT2D eigenvalue weighted by atomic mass is 9.85. The van der Waals surface area contributed by atoms with E-state index in [1.54, 1.807) is 0 Å². The summed E-state index contributed by atoms with van der Waals surface area (Å²) in [5, 5.41) is 50.2. The Hall–Kier alpha value is -1.96. The minimum atomic E-state index is -5.02. The molecule has 1 saturated carbocycles. The van der Waals surface area contributed by atoms with Gasteiger partial charge in [0.15, 0.2) is 0 Å². The van der Waals surface area contributed by atoms with Crippen LogP contribution in [0.3, 0.4) is 0 Å². The van der Waals surface area contributed by atoms with Crippen LogP contribution in [0.15, 0.2) is 60.8 Å². The Morgan fingerprint density at radius 2 is 0.922 bits per heavy atom. The Kier molecular flexibility index (Phi) is 38.7. The van der Waals surface area contributed by atoms with E-state index in [1.165, 1.54) is 77.0 Å². The van der Waals surface area contributed by atoms with E-state index in [-0.39, 0.29) is 13.0 Å². The zero-order valence-corrected chi connectivity index (χ0v) is 40.7. The van der Waals surface area contributed by atoms with E-state index in [9.17, 15) is 39.8 Å². The summed E-state index contributed by atoms with van der Waals surface area (Å²) in [7, 11) is -5.02. The standard InChI is InChI=1S/C51H91O12P/c1-3-5-7-9-11-13-15-17-18-19-20-21-22-23-24-25-26-27-29-31-33-35-37-39-41-60-42-44(43-61-64(58,59)63-51-49(56)47(54)46(53)48(55)50(51)57)62-45(52)40-38-36-34-32-30-28-16-14-12-10-8-6-4-2/h5,7,11,13-14,16-18,20-21,44,46-51,53-57H,3-4,6,8-10,12,15,19,22-43H2,1-2H3,(H,58,59)/b7-5-,13-11-,16-14-,18-17-,21-20-. The van der Waals surface area contributed by atoms with Crippen molar-refractivity contribution in [2.24, 2.45) is 0 Å². The zero-order chi connectivity index (χ0) is 46.9. The molecule has 6 atom stereocenters. The fraction of sp³-hybridized carbons (Fsp3) is 0.784. The van der Waals surface area contributed by atoms with Crippen molar-refractivity contribution in [2.45, 2.75) is 236 Å². The van der Waals surface area contributed by atoms with Gasteiger partial charge in [-0.15, -0.1) is 0 Å². The van der Waals surface area contributed by atoms with Crippen LogP contribution in [0, 0.1) is 0 Å². The summed E-state index contributed by atoms with van der Waals surface area (Å²) in [6.07, 6.45) is 40.0. The molecule has 0 aromatic heterocycles. The van der Waals surface area contributed by atoms with Crippen LogP contribution in [0.5, 0.6) is 0 Å². The van der Waals surface area contributed by atoms with Crippen LogP contribution in [0.4, 0.5) is 0 Å². The molecule has 0 radical (unpaired) electrons. The van der Waals surface area contributed by atoms with Crippen LogP contribution in [-0.4, -0.2) is 98.9 Å². The van der Waals surface area contributed by atoms with Gasteiger partial charge in [0.1, 0.15) is 42.7 Å². The molecular formula is C51H91O12P. The molecule has 6 unspecified atom stereocenters. The number of phosphoric ester groups is 1. The Labute approximate surface area is 387 Å². The summed E-state index contributed by atoms with van der Waals surface area (Å²) in [6.45, 7) is 4.12. The lowest BCUT2D eigenvalue weighted by Gasteiger charge is -2.41. The summed E-state index contributed by atoms with van der Waals surface area (Å²) in [5.74, 6) is -0.489. The smallest absolute Gasteiger partial charge is 0.457 e. The molecule has 0 spiro atoms. The van der Waals surface area contributed by atoms with E-state index < -0.39 is 63.1 Å². The van der Waals surface area contributed by atoms with E-state index in [1.807, 2.05) is 0 Å². The van der Waals surface area contributed by atoms with E-state index in [2.05, 4.69) is 74.6 Å². The largest absolute Gasteiger partial charge is 0.472 e. The van der Waals surface area contributed by atoms with Crippen molar-refractivity contribution in [2.75, 3.05) is 19.8 Å². The minimum Gasteiger partial charge on any atom is -0.457 e. The lowest BCUT2D eigenvalue weighted by molar-refractivity contribution is -0.220. The molecule has 0 saturated heterocycles. The summed E-state index contributed by atoms with van der Waals surface area (Å²) in [5.41, 5.74) is 0. The molecule has 0 aliphatic heterocycles. The number of aliphatic hydroxyl groups is 5. The van der Waals surface area contributed by atoms with Crippen LogP contribution in [-0.2, 0) is 27.9 Å². The number of hydrogen-bond donors (Lipinski definition) is 6. The highest BCUT2D eigenvalue weighted by atomic mass is 31.2. The van der Waals surface area contributed by atoms with Crippen molar-refractivity contribution in [3.8, 4) is 0 Å². The highest BCUT2D eigenvalue weighted by Crippen LogP contribution is 2.47. The first-order valence-corrected chi connectivity index (χ1v) is 26.6. The number of rotatable bonds is 42. The van der Waals surface area contributed by atoms with Gasteiger partial charge in [0, 0.05) is 13.0 Å². The Bertz CT molecular complexity index is 1290. The van der Waals surface area contributed by atoms with Crippen molar-refractivity contribution in [3.05, 3.63) is 60.8 Å². The van der Waals surface area contributed by atoms with Gasteiger partial charge < -0.3 is 39.9 Å². The molecule has 1 fully saturated rings.